The van der Waals surface area contributed by atoms with Gasteiger partial charge in [0.1, 0.15) is 12.4 Å². The monoisotopic (exact) mass is 289 g/mol. The molecule has 0 bridgehead atoms. The van der Waals surface area contributed by atoms with Crippen LogP contribution < -0.4 is 16.0 Å². The Morgan fingerprint density at radius 1 is 1.48 bits per heavy atom. The normalized spacial score (nSPS) is 16.4. The molecule has 21 heavy (non-hydrogen) atoms. The maximum absolute atomic E-state index is 11.5. The summed E-state index contributed by atoms with van der Waals surface area (Å²) < 4.78 is 5.54. The van der Waals surface area contributed by atoms with Crippen LogP contribution in [-0.2, 0) is 11.3 Å². The molecule has 0 unspecified atom stereocenters. The van der Waals surface area contributed by atoms with Crippen LogP contribution in [0.4, 0.5) is 0 Å². The Labute approximate surface area is 125 Å². The molecule has 0 aromatic heterocycles. The van der Waals surface area contributed by atoms with Crippen LogP contribution >= 0.6 is 0 Å². The molecule has 0 saturated carbocycles. The summed E-state index contributed by atoms with van der Waals surface area (Å²) in [7, 11) is 0. The van der Waals surface area contributed by atoms with Crippen molar-refractivity contribution in [3.8, 4) is 5.75 Å². The molecule has 0 atom stereocenters. The van der Waals surface area contributed by atoms with Gasteiger partial charge in [0.2, 0.25) is 5.91 Å². The summed E-state index contributed by atoms with van der Waals surface area (Å²) in [5.74, 6) is 6.05. The third-order valence-corrected chi connectivity index (χ3v) is 3.77. The van der Waals surface area contributed by atoms with Crippen LogP contribution in [0.2, 0.25) is 0 Å². The Balaban J connectivity index is 1.85. The third-order valence-electron chi connectivity index (χ3n) is 3.77. The zero-order chi connectivity index (χ0) is 15.1. The van der Waals surface area contributed by atoms with E-state index in [1.54, 1.807) is 6.08 Å². The highest BCUT2D eigenvalue weighted by Crippen LogP contribution is 2.20. The minimum Gasteiger partial charge on any atom is -0.490 e. The molecule has 2 rings (SSSR count). The molecule has 1 heterocycles. The van der Waals surface area contributed by atoms with Gasteiger partial charge in [0.05, 0.1) is 0 Å². The number of ether oxygens (including phenoxy) is 1. The van der Waals surface area contributed by atoms with Crippen LogP contribution in [0.25, 0.3) is 0 Å². The number of nitrogens with zero attached hydrogens (tertiary/aromatic N) is 1. The van der Waals surface area contributed by atoms with E-state index < -0.39 is 0 Å². The van der Waals surface area contributed by atoms with Crippen LogP contribution in [0.5, 0.6) is 5.75 Å². The molecule has 1 aliphatic rings. The molecule has 5 nitrogen and oxygen atoms in total. The second kappa shape index (κ2) is 7.81. The van der Waals surface area contributed by atoms with Crippen LogP contribution in [0.15, 0.2) is 36.9 Å². The Kier molecular flexibility index (Phi) is 5.78. The molecular weight excluding hydrogens is 266 g/mol. The fraction of sp³-hybridized carbons (Fsp3) is 0.438. The van der Waals surface area contributed by atoms with Crippen LogP contribution in [0.3, 0.4) is 0 Å². The van der Waals surface area contributed by atoms with Crippen molar-refractivity contribution in [1.82, 2.24) is 10.3 Å². The van der Waals surface area contributed by atoms with Gasteiger partial charge < -0.3 is 4.74 Å². The maximum atomic E-state index is 11.5. The fourth-order valence-corrected chi connectivity index (χ4v) is 2.62. The Morgan fingerprint density at radius 2 is 2.24 bits per heavy atom. The van der Waals surface area contributed by atoms with Gasteiger partial charge in [0, 0.05) is 12.5 Å². The van der Waals surface area contributed by atoms with E-state index in [0.717, 1.165) is 38.2 Å². The lowest BCUT2D eigenvalue weighted by Crippen LogP contribution is -2.42. The van der Waals surface area contributed by atoms with E-state index in [0.29, 0.717) is 6.61 Å². The minimum atomic E-state index is -0.0468. The van der Waals surface area contributed by atoms with Gasteiger partial charge in [-0.05, 0) is 43.6 Å². The number of rotatable bonds is 6. The van der Waals surface area contributed by atoms with Gasteiger partial charge in [0.25, 0.3) is 0 Å². The summed E-state index contributed by atoms with van der Waals surface area (Å²) in [5.41, 5.74) is 3.46. The summed E-state index contributed by atoms with van der Waals surface area (Å²) in [6.45, 7) is 6.86. The maximum Gasteiger partial charge on any atom is 0.237 e. The number of carbonyl (C=O) groups excluding carboxylic acids is 1. The zero-order valence-corrected chi connectivity index (χ0v) is 12.3. The summed E-state index contributed by atoms with van der Waals surface area (Å²) in [6.07, 6.45) is 3.45. The molecule has 0 aliphatic carbocycles. The number of hydrogen-bond acceptors (Lipinski definition) is 4. The first kappa shape index (κ1) is 15.5. The SMILES string of the molecule is C=CCOc1cccc(CN2CCC(C(=O)NN)CC2)c1. The standard InChI is InChI=1S/C16H23N3O2/c1-2-10-21-15-5-3-4-13(11-15)12-19-8-6-14(7-9-19)16(20)18-17/h2-5,11,14H,1,6-10,12,17H2,(H,18,20). The molecule has 1 aliphatic heterocycles. The van der Waals surface area contributed by atoms with Crippen molar-refractivity contribution < 1.29 is 9.53 Å². The third kappa shape index (κ3) is 4.58. The van der Waals surface area contributed by atoms with Gasteiger partial charge >= 0.3 is 0 Å². The molecule has 114 valence electrons. The number of carbonyl (C=O) groups is 1. The molecule has 1 fully saturated rings. The second-order valence-corrected chi connectivity index (χ2v) is 5.31. The van der Waals surface area contributed by atoms with E-state index in [1.807, 2.05) is 12.1 Å². The van der Waals surface area contributed by atoms with Crippen molar-refractivity contribution in [2.24, 2.45) is 11.8 Å². The van der Waals surface area contributed by atoms with Gasteiger partial charge in [-0.2, -0.15) is 0 Å². The van der Waals surface area contributed by atoms with E-state index in [4.69, 9.17) is 10.6 Å². The number of hydrazine groups is 1. The summed E-state index contributed by atoms with van der Waals surface area (Å²) >= 11 is 0. The second-order valence-electron chi connectivity index (χ2n) is 5.31. The Hall–Kier alpha value is -1.85. The average Bonchev–Trinajstić information content (AvgIpc) is 2.53. The number of benzene rings is 1. The van der Waals surface area contributed by atoms with Gasteiger partial charge in [-0.3, -0.25) is 15.1 Å². The van der Waals surface area contributed by atoms with Gasteiger partial charge in [0.15, 0.2) is 0 Å². The highest BCUT2D eigenvalue weighted by atomic mass is 16.5. The number of nitrogens with one attached hydrogen (secondary N) is 1. The van der Waals surface area contributed by atoms with E-state index in [2.05, 4.69) is 29.0 Å². The molecule has 1 saturated heterocycles. The lowest BCUT2D eigenvalue weighted by Gasteiger charge is -2.31. The molecule has 1 amide bonds. The number of hydrogen-bond donors (Lipinski definition) is 2. The van der Waals surface area contributed by atoms with Crippen molar-refractivity contribution in [2.45, 2.75) is 19.4 Å². The summed E-state index contributed by atoms with van der Waals surface area (Å²) in [5, 5.41) is 0. The minimum absolute atomic E-state index is 0.0468. The number of likely N-dealkylation sites (tertiary alicyclic amines) is 1. The smallest absolute Gasteiger partial charge is 0.237 e. The van der Waals surface area contributed by atoms with Crippen LogP contribution in [0.1, 0.15) is 18.4 Å². The molecule has 5 heteroatoms. The van der Waals surface area contributed by atoms with Gasteiger partial charge in [-0.25, -0.2) is 5.84 Å². The number of piperidine rings is 1. The lowest BCUT2D eigenvalue weighted by molar-refractivity contribution is -0.126. The predicted molar refractivity (Wildman–Crippen MR) is 82.5 cm³/mol. The molecule has 1 aromatic rings. The highest BCUT2D eigenvalue weighted by Gasteiger charge is 2.24. The summed E-state index contributed by atoms with van der Waals surface area (Å²) in [6, 6.07) is 8.11. The molecule has 1 aromatic carbocycles. The van der Waals surface area contributed by atoms with Gasteiger partial charge in [-0.15, -0.1) is 0 Å². The topological polar surface area (TPSA) is 67.6 Å². The van der Waals surface area contributed by atoms with Crippen molar-refractivity contribution in [1.29, 1.82) is 0 Å². The predicted octanol–water partition coefficient (Wildman–Crippen LogP) is 1.45. The van der Waals surface area contributed by atoms with E-state index >= 15 is 0 Å². The Morgan fingerprint density at radius 3 is 2.90 bits per heavy atom. The largest absolute Gasteiger partial charge is 0.490 e. The summed E-state index contributed by atoms with van der Waals surface area (Å²) in [4.78, 5) is 13.9. The van der Waals surface area contributed by atoms with Crippen molar-refractivity contribution >= 4 is 5.91 Å². The first-order valence-corrected chi connectivity index (χ1v) is 7.28. The molecule has 0 radical (unpaired) electrons. The van der Waals surface area contributed by atoms with Crippen molar-refractivity contribution in [3.05, 3.63) is 42.5 Å². The fourth-order valence-electron chi connectivity index (χ4n) is 2.62. The highest BCUT2D eigenvalue weighted by molar-refractivity contribution is 5.78. The van der Waals surface area contributed by atoms with E-state index in [9.17, 15) is 4.79 Å². The average molecular weight is 289 g/mol. The zero-order valence-electron chi connectivity index (χ0n) is 12.3. The van der Waals surface area contributed by atoms with Crippen LogP contribution in [-0.4, -0.2) is 30.5 Å². The van der Waals surface area contributed by atoms with Gasteiger partial charge in [-0.1, -0.05) is 24.8 Å². The van der Waals surface area contributed by atoms with E-state index in [1.165, 1.54) is 5.56 Å². The first-order valence-electron chi connectivity index (χ1n) is 7.28. The quantitative estimate of drug-likeness (QED) is 0.360. The van der Waals surface area contributed by atoms with Crippen molar-refractivity contribution in [2.75, 3.05) is 19.7 Å². The lowest BCUT2D eigenvalue weighted by atomic mass is 9.96. The van der Waals surface area contributed by atoms with Crippen molar-refractivity contribution in [3.63, 3.8) is 0 Å². The molecule has 3 N–H and O–H groups in total. The van der Waals surface area contributed by atoms with E-state index in [-0.39, 0.29) is 11.8 Å². The van der Waals surface area contributed by atoms with Crippen LogP contribution in [0, 0.1) is 5.92 Å². The molecular formula is C16H23N3O2. The number of amides is 1. The Bertz CT molecular complexity index is 482. The molecule has 0 spiro atoms. The number of nitrogens with two attached hydrogens (primary N) is 1. The first-order chi connectivity index (χ1) is 10.2.